The highest BCUT2D eigenvalue weighted by Crippen LogP contribution is 2.26. The molecule has 0 atom stereocenters. The minimum absolute atomic E-state index is 0.0315. The highest BCUT2D eigenvalue weighted by molar-refractivity contribution is 7.92. The van der Waals surface area contributed by atoms with Crippen LogP contribution >= 0.6 is 11.6 Å². The summed E-state index contributed by atoms with van der Waals surface area (Å²) >= 11 is 6.01. The monoisotopic (exact) mass is 384 g/mol. The van der Waals surface area contributed by atoms with Gasteiger partial charge >= 0.3 is 0 Å². The van der Waals surface area contributed by atoms with Crippen molar-refractivity contribution in [2.45, 2.75) is 4.90 Å². The van der Waals surface area contributed by atoms with Crippen LogP contribution in [0.1, 0.15) is 0 Å². The van der Waals surface area contributed by atoms with E-state index in [4.69, 9.17) is 11.6 Å². The number of halogens is 1. The highest BCUT2D eigenvalue weighted by Gasteiger charge is 2.17. The number of nitrogens with one attached hydrogen (secondary N) is 1. The van der Waals surface area contributed by atoms with Gasteiger partial charge in [-0.25, -0.2) is 18.4 Å². The summed E-state index contributed by atoms with van der Waals surface area (Å²) in [6.07, 6.45) is 5.35. The van der Waals surface area contributed by atoms with E-state index < -0.39 is 10.0 Å². The van der Waals surface area contributed by atoms with Gasteiger partial charge in [-0.05, 0) is 30.3 Å². The van der Waals surface area contributed by atoms with Crippen molar-refractivity contribution in [1.29, 1.82) is 0 Å². The van der Waals surface area contributed by atoms with Crippen LogP contribution in [0.25, 0.3) is 17.0 Å². The number of anilines is 1. The first-order valence-corrected chi connectivity index (χ1v) is 9.56. The van der Waals surface area contributed by atoms with Gasteiger partial charge in [0, 0.05) is 29.8 Å². The van der Waals surface area contributed by atoms with E-state index in [-0.39, 0.29) is 9.92 Å². The lowest BCUT2D eigenvalue weighted by molar-refractivity contribution is 0.601. The molecule has 2 aromatic carbocycles. The molecule has 0 aliphatic carbocycles. The Morgan fingerprint density at radius 3 is 2.69 bits per heavy atom. The van der Waals surface area contributed by atoms with Crippen molar-refractivity contribution in [2.24, 2.45) is 0 Å². The van der Waals surface area contributed by atoms with Crippen LogP contribution in [-0.2, 0) is 10.0 Å². The fourth-order valence-electron chi connectivity index (χ4n) is 2.58. The number of nitrogens with zero attached hydrogens (tertiary/aromatic N) is 3. The van der Waals surface area contributed by atoms with Crippen molar-refractivity contribution in [2.75, 3.05) is 4.72 Å². The number of aromatic nitrogens is 3. The summed E-state index contributed by atoms with van der Waals surface area (Å²) in [6.45, 7) is 0. The molecule has 1 N–H and O–H groups in total. The van der Waals surface area contributed by atoms with Crippen molar-refractivity contribution in [3.8, 4) is 11.3 Å². The minimum atomic E-state index is -3.79. The number of hydrogen-bond acceptors (Lipinski definition) is 4. The van der Waals surface area contributed by atoms with Gasteiger partial charge < -0.3 is 0 Å². The van der Waals surface area contributed by atoms with Crippen molar-refractivity contribution in [3.63, 3.8) is 0 Å². The number of sulfonamides is 1. The molecule has 2 aromatic heterocycles. The van der Waals surface area contributed by atoms with Gasteiger partial charge in [0.25, 0.3) is 10.0 Å². The van der Waals surface area contributed by atoms with Gasteiger partial charge in [-0.2, -0.15) is 0 Å². The Bertz CT molecular complexity index is 1170. The molecule has 0 bridgehead atoms. The first kappa shape index (κ1) is 16.6. The molecule has 0 aliphatic heterocycles. The molecule has 4 aromatic rings. The molecule has 0 aliphatic rings. The maximum atomic E-state index is 12.6. The third-order valence-electron chi connectivity index (χ3n) is 3.77. The number of benzene rings is 2. The van der Waals surface area contributed by atoms with Crippen molar-refractivity contribution in [3.05, 3.63) is 78.2 Å². The van der Waals surface area contributed by atoms with Crippen LogP contribution in [0.3, 0.4) is 0 Å². The molecule has 4 rings (SSSR count). The fraction of sp³-hybridized carbons (Fsp3) is 0. The Morgan fingerprint density at radius 2 is 1.88 bits per heavy atom. The molecule has 130 valence electrons. The Balaban J connectivity index is 1.69. The lowest BCUT2D eigenvalue weighted by Crippen LogP contribution is -2.13. The van der Waals surface area contributed by atoms with Crippen LogP contribution in [0.5, 0.6) is 0 Å². The third-order valence-corrected chi connectivity index (χ3v) is 5.65. The third kappa shape index (κ3) is 3.14. The Hall–Kier alpha value is -2.90. The van der Waals surface area contributed by atoms with Crippen LogP contribution in [0, 0.1) is 0 Å². The van der Waals surface area contributed by atoms with Gasteiger partial charge in [0.2, 0.25) is 5.78 Å². The second-order valence-electron chi connectivity index (χ2n) is 5.57. The molecule has 0 spiro atoms. The molecule has 8 heteroatoms. The van der Waals surface area contributed by atoms with E-state index in [1.165, 1.54) is 12.1 Å². The quantitative estimate of drug-likeness (QED) is 0.579. The first-order valence-electron chi connectivity index (χ1n) is 7.70. The molecule has 0 saturated carbocycles. The van der Waals surface area contributed by atoms with E-state index >= 15 is 0 Å². The second kappa shape index (κ2) is 6.44. The summed E-state index contributed by atoms with van der Waals surface area (Å²) < 4.78 is 29.5. The summed E-state index contributed by atoms with van der Waals surface area (Å²) in [7, 11) is -3.79. The number of imidazole rings is 1. The van der Waals surface area contributed by atoms with E-state index in [2.05, 4.69) is 14.7 Å². The van der Waals surface area contributed by atoms with Gasteiger partial charge in [-0.1, -0.05) is 35.9 Å². The average Bonchev–Trinajstić information content (AvgIpc) is 3.06. The van der Waals surface area contributed by atoms with Gasteiger partial charge in [-0.3, -0.25) is 9.12 Å². The molecular formula is C18H13ClN4O2S. The number of fused-ring (bicyclic) bond motifs is 1. The molecule has 6 nitrogen and oxygen atoms in total. The fourth-order valence-corrected chi connectivity index (χ4v) is 4.15. The Kier molecular flexibility index (Phi) is 4.10. The summed E-state index contributed by atoms with van der Waals surface area (Å²) in [5.41, 5.74) is 1.89. The molecule has 0 fully saturated rings. The average molecular weight is 385 g/mol. The Morgan fingerprint density at radius 1 is 1.04 bits per heavy atom. The van der Waals surface area contributed by atoms with Crippen LogP contribution < -0.4 is 4.72 Å². The second-order valence-corrected chi connectivity index (χ2v) is 7.63. The highest BCUT2D eigenvalue weighted by atomic mass is 35.5. The molecule has 0 unspecified atom stereocenters. The van der Waals surface area contributed by atoms with E-state index in [1.807, 2.05) is 24.5 Å². The maximum absolute atomic E-state index is 12.6. The number of hydrogen-bond donors (Lipinski definition) is 1. The number of rotatable bonds is 4. The molecule has 0 amide bonds. The zero-order chi connectivity index (χ0) is 18.1. The van der Waals surface area contributed by atoms with Crippen LogP contribution in [0.15, 0.2) is 78.1 Å². The summed E-state index contributed by atoms with van der Waals surface area (Å²) in [4.78, 5) is 8.66. The van der Waals surface area contributed by atoms with Gasteiger partial charge in [0.05, 0.1) is 10.7 Å². The van der Waals surface area contributed by atoms with Crippen molar-refractivity contribution >= 4 is 33.1 Å². The zero-order valence-corrected chi connectivity index (χ0v) is 14.9. The summed E-state index contributed by atoms with van der Waals surface area (Å²) in [6, 6.07) is 15.1. The van der Waals surface area contributed by atoms with E-state index in [0.717, 1.165) is 5.56 Å². The smallest absolute Gasteiger partial charge is 0.263 e. The van der Waals surface area contributed by atoms with Gasteiger partial charge in [0.15, 0.2) is 0 Å². The molecule has 2 heterocycles. The van der Waals surface area contributed by atoms with Gasteiger partial charge in [0.1, 0.15) is 4.90 Å². The molecule has 26 heavy (non-hydrogen) atoms. The largest absolute Gasteiger partial charge is 0.291 e. The van der Waals surface area contributed by atoms with Crippen molar-refractivity contribution in [1.82, 2.24) is 14.4 Å². The predicted octanol–water partition coefficient (Wildman–Crippen LogP) is 3.85. The minimum Gasteiger partial charge on any atom is -0.291 e. The lowest BCUT2D eigenvalue weighted by Gasteiger charge is -2.10. The molecule has 0 radical (unpaired) electrons. The van der Waals surface area contributed by atoms with Crippen molar-refractivity contribution < 1.29 is 8.42 Å². The summed E-state index contributed by atoms with van der Waals surface area (Å²) in [5.74, 6) is 0.574. The van der Waals surface area contributed by atoms with Crippen LogP contribution in [-0.4, -0.2) is 22.8 Å². The predicted molar refractivity (Wildman–Crippen MR) is 101 cm³/mol. The van der Waals surface area contributed by atoms with E-state index in [9.17, 15) is 8.42 Å². The summed E-state index contributed by atoms with van der Waals surface area (Å²) in [5, 5.41) is 0.169. The lowest BCUT2D eigenvalue weighted by atomic mass is 10.1. The Labute approximate surface area is 155 Å². The maximum Gasteiger partial charge on any atom is 0.263 e. The molecular weight excluding hydrogens is 372 g/mol. The normalized spacial score (nSPS) is 11.6. The zero-order valence-electron chi connectivity index (χ0n) is 13.4. The van der Waals surface area contributed by atoms with Gasteiger partial charge in [-0.15, -0.1) is 0 Å². The van der Waals surface area contributed by atoms with Crippen LogP contribution in [0.2, 0.25) is 5.02 Å². The topological polar surface area (TPSA) is 76.4 Å². The SMILES string of the molecule is O=S(=O)(Nc1cccc(-c2cn3cccnc3n2)c1)c1ccccc1Cl. The van der Waals surface area contributed by atoms with Crippen LogP contribution in [0.4, 0.5) is 5.69 Å². The van der Waals surface area contributed by atoms with E-state index in [1.54, 1.807) is 40.9 Å². The van der Waals surface area contributed by atoms with E-state index in [0.29, 0.717) is 17.2 Å². The standard InChI is InChI=1S/C18H13ClN4O2S/c19-15-7-1-2-8-17(15)26(24,25)22-14-6-3-5-13(11-14)16-12-23-10-4-9-20-18(23)21-16/h1-12,22H. The molecule has 0 saturated heterocycles. The first-order chi connectivity index (χ1) is 12.5.